The molecule has 1 atom stereocenters. The fourth-order valence-corrected chi connectivity index (χ4v) is 3.74. The molecule has 1 aromatic carbocycles. The van der Waals surface area contributed by atoms with E-state index in [1.807, 2.05) is 28.8 Å². The lowest BCUT2D eigenvalue weighted by atomic mass is 10.1. The van der Waals surface area contributed by atoms with Crippen molar-refractivity contribution in [1.29, 1.82) is 0 Å². The second-order valence-corrected chi connectivity index (χ2v) is 7.15. The number of aromatic nitrogens is 2. The Balaban J connectivity index is 1.92. The van der Waals surface area contributed by atoms with Gasteiger partial charge in [-0.2, -0.15) is 0 Å². The summed E-state index contributed by atoms with van der Waals surface area (Å²) in [6, 6.07) is 9.31. The number of ether oxygens (including phenoxy) is 2. The summed E-state index contributed by atoms with van der Waals surface area (Å²) in [5, 5.41) is 0.455. The van der Waals surface area contributed by atoms with Gasteiger partial charge < -0.3 is 14.0 Å². The van der Waals surface area contributed by atoms with Crippen molar-refractivity contribution >= 4 is 39.5 Å². The molecule has 0 spiro atoms. The van der Waals surface area contributed by atoms with Gasteiger partial charge in [-0.1, -0.05) is 6.07 Å². The normalized spacial score (nSPS) is 15.5. The Labute approximate surface area is 162 Å². The van der Waals surface area contributed by atoms with Crippen molar-refractivity contribution in [2.24, 2.45) is 0 Å². The molecule has 1 aliphatic heterocycles. The standard InChI is InChI=1S/C19H15IN2O4/c1-2-25-19(24)13-9-22-10-16(14-5-3-4-6-21-14)26-15-8-11(20)7-12(17(15)22)18(13)23/h3-9,16H,2,10H2,1H3. The maximum absolute atomic E-state index is 12.8. The summed E-state index contributed by atoms with van der Waals surface area (Å²) < 4.78 is 13.9. The molecule has 0 saturated heterocycles. The van der Waals surface area contributed by atoms with Crippen molar-refractivity contribution in [2.75, 3.05) is 6.61 Å². The number of nitrogens with zero attached hydrogens (tertiary/aromatic N) is 2. The van der Waals surface area contributed by atoms with Crippen molar-refractivity contribution in [2.45, 2.75) is 19.6 Å². The molecular formula is C19H15IN2O4. The first-order valence-corrected chi connectivity index (χ1v) is 9.27. The average molecular weight is 462 g/mol. The molecule has 2 aromatic heterocycles. The number of pyridine rings is 2. The molecule has 0 N–H and O–H groups in total. The van der Waals surface area contributed by atoms with E-state index in [4.69, 9.17) is 9.47 Å². The van der Waals surface area contributed by atoms with Crippen LogP contribution in [0, 0.1) is 3.57 Å². The highest BCUT2D eigenvalue weighted by molar-refractivity contribution is 14.1. The van der Waals surface area contributed by atoms with Crippen LogP contribution in [0.4, 0.5) is 0 Å². The molecule has 1 aliphatic rings. The number of carbonyl (C=O) groups excluding carboxylic acids is 1. The second kappa shape index (κ2) is 6.71. The number of hydrogen-bond acceptors (Lipinski definition) is 5. The van der Waals surface area contributed by atoms with Crippen molar-refractivity contribution in [3.05, 3.63) is 67.8 Å². The Morgan fingerprint density at radius 2 is 2.27 bits per heavy atom. The quantitative estimate of drug-likeness (QED) is 0.442. The molecule has 4 rings (SSSR count). The SMILES string of the molecule is CCOC(=O)c1cn2c3c(cc(I)cc3c1=O)OC(c1ccccn1)C2. The maximum atomic E-state index is 12.8. The predicted octanol–water partition coefficient (Wildman–Crippen LogP) is 3.31. The summed E-state index contributed by atoms with van der Waals surface area (Å²) in [4.78, 5) is 29.4. The first kappa shape index (κ1) is 17.0. The monoisotopic (exact) mass is 462 g/mol. The van der Waals surface area contributed by atoms with Crippen molar-refractivity contribution in [3.63, 3.8) is 0 Å². The molecule has 0 radical (unpaired) electrons. The fourth-order valence-electron chi connectivity index (χ4n) is 3.15. The summed E-state index contributed by atoms with van der Waals surface area (Å²) in [6.45, 7) is 2.38. The number of carbonyl (C=O) groups is 1. The van der Waals surface area contributed by atoms with Gasteiger partial charge in [-0.3, -0.25) is 9.78 Å². The van der Waals surface area contributed by atoms with Crippen LogP contribution in [0.15, 0.2) is 47.5 Å². The van der Waals surface area contributed by atoms with Crippen molar-refractivity contribution in [1.82, 2.24) is 9.55 Å². The molecular weight excluding hydrogens is 447 g/mol. The molecule has 1 unspecified atom stereocenters. The molecule has 6 nitrogen and oxygen atoms in total. The van der Waals surface area contributed by atoms with Gasteiger partial charge in [-0.15, -0.1) is 0 Å². The summed E-state index contributed by atoms with van der Waals surface area (Å²) in [7, 11) is 0. The first-order valence-electron chi connectivity index (χ1n) is 8.20. The summed E-state index contributed by atoms with van der Waals surface area (Å²) in [5.41, 5.74) is 1.18. The van der Waals surface area contributed by atoms with Crippen LogP contribution >= 0.6 is 22.6 Å². The van der Waals surface area contributed by atoms with Gasteiger partial charge in [0.25, 0.3) is 0 Å². The third-order valence-corrected chi connectivity index (χ3v) is 4.87. The van der Waals surface area contributed by atoms with Gasteiger partial charge in [0, 0.05) is 16.0 Å². The number of benzene rings is 1. The van der Waals surface area contributed by atoms with Crippen LogP contribution in [-0.2, 0) is 11.3 Å². The third kappa shape index (κ3) is 2.86. The zero-order valence-electron chi connectivity index (χ0n) is 13.9. The van der Waals surface area contributed by atoms with Crippen LogP contribution in [0.5, 0.6) is 5.75 Å². The molecule has 3 aromatic rings. The number of rotatable bonds is 3. The van der Waals surface area contributed by atoms with E-state index in [2.05, 4.69) is 27.6 Å². The molecule has 0 fully saturated rings. The van der Waals surface area contributed by atoms with E-state index >= 15 is 0 Å². The average Bonchev–Trinajstić information content (AvgIpc) is 2.64. The van der Waals surface area contributed by atoms with E-state index in [1.54, 1.807) is 25.4 Å². The molecule has 26 heavy (non-hydrogen) atoms. The predicted molar refractivity (Wildman–Crippen MR) is 104 cm³/mol. The van der Waals surface area contributed by atoms with Gasteiger partial charge >= 0.3 is 5.97 Å². The van der Waals surface area contributed by atoms with E-state index in [1.165, 1.54) is 0 Å². The Morgan fingerprint density at radius 3 is 3.00 bits per heavy atom. The van der Waals surface area contributed by atoms with E-state index in [0.29, 0.717) is 23.2 Å². The van der Waals surface area contributed by atoms with Crippen LogP contribution in [0.25, 0.3) is 10.9 Å². The van der Waals surface area contributed by atoms with Crippen LogP contribution in [0.1, 0.15) is 29.1 Å². The number of hydrogen-bond donors (Lipinski definition) is 0. The molecule has 0 amide bonds. The largest absolute Gasteiger partial charge is 0.480 e. The Kier molecular flexibility index (Phi) is 4.39. The summed E-state index contributed by atoms with van der Waals surface area (Å²) in [6.07, 6.45) is 2.98. The van der Waals surface area contributed by atoms with Crippen LogP contribution in [-0.4, -0.2) is 22.1 Å². The van der Waals surface area contributed by atoms with E-state index in [-0.39, 0.29) is 23.7 Å². The van der Waals surface area contributed by atoms with Gasteiger partial charge in [0.1, 0.15) is 11.3 Å². The van der Waals surface area contributed by atoms with Crippen molar-refractivity contribution in [3.8, 4) is 5.75 Å². The lowest BCUT2D eigenvalue weighted by molar-refractivity contribution is 0.0523. The molecule has 7 heteroatoms. The van der Waals surface area contributed by atoms with Gasteiger partial charge in [0.15, 0.2) is 6.10 Å². The minimum atomic E-state index is -0.607. The van der Waals surface area contributed by atoms with Crippen LogP contribution < -0.4 is 10.2 Å². The van der Waals surface area contributed by atoms with Crippen LogP contribution in [0.3, 0.4) is 0 Å². The van der Waals surface area contributed by atoms with Gasteiger partial charge in [0.05, 0.1) is 29.7 Å². The smallest absolute Gasteiger partial charge is 0.343 e. The minimum absolute atomic E-state index is 0.0361. The topological polar surface area (TPSA) is 70.4 Å². The second-order valence-electron chi connectivity index (χ2n) is 5.91. The van der Waals surface area contributed by atoms with Crippen LogP contribution in [0.2, 0.25) is 0 Å². The van der Waals surface area contributed by atoms with E-state index in [0.717, 1.165) is 9.26 Å². The first-order chi connectivity index (χ1) is 12.6. The summed E-state index contributed by atoms with van der Waals surface area (Å²) in [5.74, 6) is 0.00533. The molecule has 0 bridgehead atoms. The Morgan fingerprint density at radius 1 is 1.42 bits per heavy atom. The number of halogens is 1. The van der Waals surface area contributed by atoms with Gasteiger partial charge in [0.2, 0.25) is 5.43 Å². The lowest BCUT2D eigenvalue weighted by Crippen LogP contribution is -2.27. The Bertz CT molecular complexity index is 1060. The maximum Gasteiger partial charge on any atom is 0.343 e. The van der Waals surface area contributed by atoms with Crippen molar-refractivity contribution < 1.29 is 14.3 Å². The van der Waals surface area contributed by atoms with E-state index in [9.17, 15) is 9.59 Å². The molecule has 0 saturated carbocycles. The summed E-state index contributed by atoms with van der Waals surface area (Å²) >= 11 is 2.14. The molecule has 132 valence electrons. The number of esters is 1. The lowest BCUT2D eigenvalue weighted by Gasteiger charge is -2.28. The Hall–Kier alpha value is -2.42. The highest BCUT2D eigenvalue weighted by Gasteiger charge is 2.27. The minimum Gasteiger partial charge on any atom is -0.480 e. The fraction of sp³-hybridized carbons (Fsp3) is 0.211. The molecule has 3 heterocycles. The highest BCUT2D eigenvalue weighted by Crippen LogP contribution is 2.35. The van der Waals surface area contributed by atoms with Gasteiger partial charge in [-0.25, -0.2) is 4.79 Å². The molecule has 0 aliphatic carbocycles. The van der Waals surface area contributed by atoms with Gasteiger partial charge in [-0.05, 0) is 53.8 Å². The third-order valence-electron chi connectivity index (χ3n) is 4.25. The zero-order chi connectivity index (χ0) is 18.3. The van der Waals surface area contributed by atoms with E-state index < -0.39 is 5.97 Å². The highest BCUT2D eigenvalue weighted by atomic mass is 127. The zero-order valence-corrected chi connectivity index (χ0v) is 16.1.